The summed E-state index contributed by atoms with van der Waals surface area (Å²) in [5.74, 6) is 2.08. The highest BCUT2D eigenvalue weighted by Gasteiger charge is 2.20. The first-order valence-corrected chi connectivity index (χ1v) is 11.7. The van der Waals surface area contributed by atoms with Crippen molar-refractivity contribution in [2.75, 3.05) is 56.2 Å². The van der Waals surface area contributed by atoms with Crippen LogP contribution in [0.3, 0.4) is 0 Å². The van der Waals surface area contributed by atoms with Gasteiger partial charge < -0.3 is 24.8 Å². The quantitative estimate of drug-likeness (QED) is 0.639. The Labute approximate surface area is 188 Å². The van der Waals surface area contributed by atoms with Crippen molar-refractivity contribution in [3.05, 3.63) is 58.5 Å². The molecular formula is C25H31N5O2. The van der Waals surface area contributed by atoms with Crippen LogP contribution in [0.15, 0.2) is 47.4 Å². The predicted molar refractivity (Wildman–Crippen MR) is 129 cm³/mol. The van der Waals surface area contributed by atoms with Gasteiger partial charge in [-0.15, -0.1) is 0 Å². The first kappa shape index (κ1) is 21.0. The molecule has 32 heavy (non-hydrogen) atoms. The smallest absolute Gasteiger partial charge is 0.259 e. The van der Waals surface area contributed by atoms with Crippen LogP contribution < -0.4 is 15.8 Å². The lowest BCUT2D eigenvalue weighted by Crippen LogP contribution is -2.46. The van der Waals surface area contributed by atoms with E-state index in [0.717, 1.165) is 75.7 Å². The van der Waals surface area contributed by atoms with Crippen molar-refractivity contribution in [2.45, 2.75) is 25.7 Å². The number of aromatic nitrogens is 2. The number of pyridine rings is 2. The van der Waals surface area contributed by atoms with Crippen LogP contribution in [0.2, 0.25) is 0 Å². The summed E-state index contributed by atoms with van der Waals surface area (Å²) in [5.41, 5.74) is 2.15. The summed E-state index contributed by atoms with van der Waals surface area (Å²) in [6.45, 7) is 8.88. The number of H-pyrrole nitrogens is 1. The number of hydrogen-bond acceptors (Lipinski definition) is 6. The molecule has 7 heteroatoms. The van der Waals surface area contributed by atoms with E-state index in [1.807, 2.05) is 12.1 Å². The monoisotopic (exact) mass is 433 g/mol. The van der Waals surface area contributed by atoms with E-state index in [4.69, 9.17) is 9.72 Å². The van der Waals surface area contributed by atoms with Crippen LogP contribution in [-0.4, -0.2) is 60.8 Å². The van der Waals surface area contributed by atoms with E-state index in [-0.39, 0.29) is 5.56 Å². The number of hydrogen-bond donors (Lipinski definition) is 2. The van der Waals surface area contributed by atoms with Crippen LogP contribution in [0.5, 0.6) is 0 Å². The van der Waals surface area contributed by atoms with Gasteiger partial charge in [-0.1, -0.05) is 19.1 Å². The van der Waals surface area contributed by atoms with E-state index in [1.54, 1.807) is 6.20 Å². The summed E-state index contributed by atoms with van der Waals surface area (Å²) in [6, 6.07) is 12.5. The maximum absolute atomic E-state index is 12.7. The first-order chi connectivity index (χ1) is 15.7. The van der Waals surface area contributed by atoms with Crippen LogP contribution in [-0.2, 0) is 4.74 Å². The van der Waals surface area contributed by atoms with Crippen LogP contribution in [0.1, 0.15) is 31.2 Å². The zero-order valence-electron chi connectivity index (χ0n) is 18.6. The highest BCUT2D eigenvalue weighted by Crippen LogP contribution is 2.30. The van der Waals surface area contributed by atoms with Gasteiger partial charge in [-0.2, -0.15) is 0 Å². The minimum Gasteiger partial charge on any atom is -0.381 e. The molecular weight excluding hydrogens is 402 g/mol. The Morgan fingerprint density at radius 3 is 2.56 bits per heavy atom. The molecule has 0 aliphatic carbocycles. The topological polar surface area (TPSA) is 73.5 Å². The van der Waals surface area contributed by atoms with Crippen molar-refractivity contribution in [1.82, 2.24) is 14.9 Å². The molecule has 2 aromatic heterocycles. The van der Waals surface area contributed by atoms with Gasteiger partial charge in [0.05, 0.1) is 5.39 Å². The second-order valence-corrected chi connectivity index (χ2v) is 8.66. The van der Waals surface area contributed by atoms with Crippen molar-refractivity contribution in [3.63, 3.8) is 0 Å². The molecule has 2 aliphatic rings. The van der Waals surface area contributed by atoms with Crippen LogP contribution in [0.4, 0.5) is 17.3 Å². The third-order valence-corrected chi connectivity index (χ3v) is 6.75. The second-order valence-electron chi connectivity index (χ2n) is 8.66. The van der Waals surface area contributed by atoms with Crippen molar-refractivity contribution >= 4 is 28.1 Å². The third-order valence-electron chi connectivity index (χ3n) is 6.75. The fourth-order valence-electron chi connectivity index (χ4n) is 4.75. The Morgan fingerprint density at radius 1 is 1.09 bits per heavy atom. The van der Waals surface area contributed by atoms with Gasteiger partial charge in [0.2, 0.25) is 0 Å². The van der Waals surface area contributed by atoms with Crippen LogP contribution >= 0.6 is 0 Å². The lowest BCUT2D eigenvalue weighted by atomic mass is 9.92. The lowest BCUT2D eigenvalue weighted by molar-refractivity contribution is 0.0853. The molecule has 0 bridgehead atoms. The molecule has 5 rings (SSSR count). The fraction of sp³-hybridized carbons (Fsp3) is 0.440. The number of aromatic amines is 1. The van der Waals surface area contributed by atoms with Crippen molar-refractivity contribution < 1.29 is 4.74 Å². The molecule has 0 amide bonds. The minimum atomic E-state index is -0.126. The predicted octanol–water partition coefficient (Wildman–Crippen LogP) is 3.70. The fourth-order valence-corrected chi connectivity index (χ4v) is 4.75. The number of piperazine rings is 1. The number of likely N-dealkylation sites (N-methyl/N-ethyl adjacent to an activating group) is 1. The van der Waals surface area contributed by atoms with Gasteiger partial charge in [-0.25, -0.2) is 4.98 Å². The highest BCUT2D eigenvalue weighted by molar-refractivity contribution is 5.94. The maximum atomic E-state index is 12.7. The van der Waals surface area contributed by atoms with E-state index in [2.05, 4.69) is 51.3 Å². The maximum Gasteiger partial charge on any atom is 0.259 e. The number of ether oxygens (including phenoxy) is 1. The number of nitrogens with one attached hydrogen (secondary N) is 2. The second kappa shape index (κ2) is 9.30. The molecule has 168 valence electrons. The van der Waals surface area contributed by atoms with E-state index in [9.17, 15) is 4.79 Å². The molecule has 3 aromatic rings. The summed E-state index contributed by atoms with van der Waals surface area (Å²) in [4.78, 5) is 25.1. The molecule has 2 saturated heterocycles. The summed E-state index contributed by atoms with van der Waals surface area (Å²) < 4.78 is 5.49. The molecule has 0 saturated carbocycles. The molecule has 0 spiro atoms. The number of benzene rings is 1. The van der Waals surface area contributed by atoms with Crippen molar-refractivity contribution in [2.24, 2.45) is 0 Å². The Hall–Kier alpha value is -2.90. The van der Waals surface area contributed by atoms with Crippen molar-refractivity contribution in [1.29, 1.82) is 0 Å². The van der Waals surface area contributed by atoms with Gasteiger partial charge in [0.15, 0.2) is 0 Å². The van der Waals surface area contributed by atoms with E-state index < -0.39 is 0 Å². The van der Waals surface area contributed by atoms with Gasteiger partial charge in [0.25, 0.3) is 5.56 Å². The SMILES string of the molecule is CCN1CCN(c2cc3cc[nH]c(=O)c3c(Nc3ccc(C4CCOCC4)cc3)n2)CC1. The normalized spacial score (nSPS) is 18.2. The van der Waals surface area contributed by atoms with Crippen molar-refractivity contribution in [3.8, 4) is 0 Å². The summed E-state index contributed by atoms with van der Waals surface area (Å²) in [7, 11) is 0. The number of anilines is 3. The van der Waals surface area contributed by atoms with Gasteiger partial charge in [-0.05, 0) is 60.5 Å². The standard InChI is InChI=1S/C25H31N5O2/c1-2-29-11-13-30(14-12-29)22-17-20-7-10-26-25(31)23(20)24(28-22)27-21-5-3-18(4-6-21)19-8-15-32-16-9-19/h3-7,10,17,19H,2,8-9,11-16H2,1H3,(H,26,31)(H,27,28). The molecule has 0 atom stereocenters. The van der Waals surface area contributed by atoms with E-state index in [0.29, 0.717) is 17.1 Å². The first-order valence-electron chi connectivity index (χ1n) is 11.7. The number of fused-ring (bicyclic) bond motifs is 1. The molecule has 2 aliphatic heterocycles. The number of nitrogens with zero attached hydrogens (tertiary/aromatic N) is 3. The summed E-state index contributed by atoms with van der Waals surface area (Å²) in [5, 5.41) is 4.92. The van der Waals surface area contributed by atoms with E-state index in [1.165, 1.54) is 5.56 Å². The Morgan fingerprint density at radius 2 is 1.84 bits per heavy atom. The third kappa shape index (κ3) is 4.36. The minimum absolute atomic E-state index is 0.126. The zero-order chi connectivity index (χ0) is 21.9. The van der Waals surface area contributed by atoms with Gasteiger partial charge >= 0.3 is 0 Å². The molecule has 7 nitrogen and oxygen atoms in total. The molecule has 1 aromatic carbocycles. The average Bonchev–Trinajstić information content (AvgIpc) is 2.85. The van der Waals surface area contributed by atoms with Gasteiger partial charge in [0.1, 0.15) is 11.6 Å². The van der Waals surface area contributed by atoms with Gasteiger partial charge in [0, 0.05) is 51.3 Å². The summed E-state index contributed by atoms with van der Waals surface area (Å²) >= 11 is 0. The Bertz CT molecular complexity index is 1110. The highest BCUT2D eigenvalue weighted by atomic mass is 16.5. The van der Waals surface area contributed by atoms with Crippen LogP contribution in [0.25, 0.3) is 10.8 Å². The largest absolute Gasteiger partial charge is 0.381 e. The number of rotatable bonds is 5. The average molecular weight is 434 g/mol. The van der Waals surface area contributed by atoms with Gasteiger partial charge in [-0.3, -0.25) is 4.79 Å². The molecule has 0 radical (unpaired) electrons. The zero-order valence-corrected chi connectivity index (χ0v) is 18.6. The van der Waals surface area contributed by atoms with Crippen LogP contribution in [0, 0.1) is 0 Å². The van der Waals surface area contributed by atoms with E-state index >= 15 is 0 Å². The molecule has 2 fully saturated rings. The summed E-state index contributed by atoms with van der Waals surface area (Å²) in [6.07, 6.45) is 3.85. The lowest BCUT2D eigenvalue weighted by Gasteiger charge is -2.35. The molecule has 0 unspecified atom stereocenters. The molecule has 2 N–H and O–H groups in total. The molecule has 4 heterocycles. The Kier molecular flexibility index (Phi) is 6.10. The Balaban J connectivity index is 1.44.